The quantitative estimate of drug-likeness (QED) is 0.392. The lowest BCUT2D eigenvalue weighted by Crippen LogP contribution is -2.53. The lowest BCUT2D eigenvalue weighted by Gasteiger charge is -2.27. The Bertz CT molecular complexity index is 947. The third-order valence-corrected chi connectivity index (χ3v) is 4.47. The summed E-state index contributed by atoms with van der Waals surface area (Å²) in [6.07, 6.45) is 3.16. The summed E-state index contributed by atoms with van der Waals surface area (Å²) < 4.78 is 0. The summed E-state index contributed by atoms with van der Waals surface area (Å²) in [6.45, 7) is 5.92. The number of amides is 2. The van der Waals surface area contributed by atoms with Crippen LogP contribution in [0.3, 0.4) is 0 Å². The molecule has 1 aliphatic heterocycles. The number of aryl methyl sites for hydroxylation is 1. The molecule has 1 saturated heterocycles. The third kappa shape index (κ3) is 3.48. The predicted octanol–water partition coefficient (Wildman–Crippen LogP) is 3.47. The molecule has 0 radical (unpaired) electrons. The average molecular weight is 362 g/mol. The molecule has 0 saturated carbocycles. The van der Waals surface area contributed by atoms with Crippen molar-refractivity contribution in [3.8, 4) is 11.1 Å². The van der Waals surface area contributed by atoms with E-state index in [4.69, 9.17) is 12.2 Å². The number of carbonyl (C=O) groups is 2. The van der Waals surface area contributed by atoms with Gasteiger partial charge >= 0.3 is 0 Å². The van der Waals surface area contributed by atoms with Crippen LogP contribution in [0.5, 0.6) is 0 Å². The van der Waals surface area contributed by atoms with Crippen molar-refractivity contribution in [2.24, 2.45) is 0 Å². The number of thiocarbonyl (C=S) groups is 1. The van der Waals surface area contributed by atoms with Gasteiger partial charge in [0.05, 0.1) is 0 Å². The summed E-state index contributed by atoms with van der Waals surface area (Å²) in [5, 5.41) is 2.65. The standard InChI is InChI=1S/C21H18N2O2S/c1-3-11-23-20(25)18(19(24)22-21(23)26)13-15-8-6-9-16(12-15)17-10-5-4-7-14(17)2/h3-10,12-13H,1,11H2,2H3,(H,22,24,26)/b18-13+. The van der Waals surface area contributed by atoms with Crippen LogP contribution in [-0.4, -0.2) is 28.4 Å². The van der Waals surface area contributed by atoms with Gasteiger partial charge in [0, 0.05) is 6.54 Å². The molecule has 4 nitrogen and oxygen atoms in total. The Kier molecular flexibility index (Phi) is 5.09. The molecule has 2 aromatic rings. The highest BCUT2D eigenvalue weighted by molar-refractivity contribution is 7.80. The highest BCUT2D eigenvalue weighted by Crippen LogP contribution is 2.25. The number of hydrogen-bond acceptors (Lipinski definition) is 3. The number of nitrogens with one attached hydrogen (secondary N) is 1. The van der Waals surface area contributed by atoms with Gasteiger partial charge < -0.3 is 0 Å². The molecule has 0 aliphatic carbocycles. The van der Waals surface area contributed by atoms with Gasteiger partial charge in [0.2, 0.25) is 0 Å². The molecule has 2 aromatic carbocycles. The van der Waals surface area contributed by atoms with Gasteiger partial charge in [-0.1, -0.05) is 48.5 Å². The van der Waals surface area contributed by atoms with Gasteiger partial charge in [-0.15, -0.1) is 6.58 Å². The minimum Gasteiger partial charge on any atom is -0.298 e. The van der Waals surface area contributed by atoms with Crippen molar-refractivity contribution in [1.29, 1.82) is 0 Å². The summed E-state index contributed by atoms with van der Waals surface area (Å²) in [5.41, 5.74) is 4.13. The second kappa shape index (κ2) is 7.45. The minimum atomic E-state index is -0.485. The van der Waals surface area contributed by atoms with Gasteiger partial charge in [-0.05, 0) is 53.5 Å². The van der Waals surface area contributed by atoms with Crippen LogP contribution < -0.4 is 5.32 Å². The topological polar surface area (TPSA) is 49.4 Å². The second-order valence-corrected chi connectivity index (χ2v) is 6.35. The van der Waals surface area contributed by atoms with E-state index < -0.39 is 11.8 Å². The maximum Gasteiger partial charge on any atom is 0.265 e. The van der Waals surface area contributed by atoms with E-state index in [0.29, 0.717) is 0 Å². The van der Waals surface area contributed by atoms with Crippen LogP contribution in [0.4, 0.5) is 0 Å². The molecule has 0 unspecified atom stereocenters. The van der Waals surface area contributed by atoms with Gasteiger partial charge in [0.15, 0.2) is 5.11 Å². The van der Waals surface area contributed by atoms with E-state index in [0.717, 1.165) is 22.3 Å². The molecule has 1 aliphatic rings. The average Bonchev–Trinajstić information content (AvgIpc) is 2.63. The Hall–Kier alpha value is -3.05. The Balaban J connectivity index is 1.99. The summed E-state index contributed by atoms with van der Waals surface area (Å²) in [7, 11) is 0. The van der Waals surface area contributed by atoms with E-state index in [9.17, 15) is 9.59 Å². The molecule has 1 N–H and O–H groups in total. The predicted molar refractivity (Wildman–Crippen MR) is 107 cm³/mol. The Morgan fingerprint density at radius 1 is 1.15 bits per heavy atom. The van der Waals surface area contributed by atoms with E-state index in [1.54, 1.807) is 12.2 Å². The molecule has 130 valence electrons. The molecule has 3 rings (SSSR count). The summed E-state index contributed by atoms with van der Waals surface area (Å²) in [4.78, 5) is 26.2. The van der Waals surface area contributed by atoms with Gasteiger partial charge in [-0.25, -0.2) is 0 Å². The summed E-state index contributed by atoms with van der Waals surface area (Å²) >= 11 is 5.06. The van der Waals surface area contributed by atoms with E-state index >= 15 is 0 Å². The maximum atomic E-state index is 12.6. The Morgan fingerprint density at radius 2 is 1.92 bits per heavy atom. The molecule has 0 bridgehead atoms. The van der Waals surface area contributed by atoms with Gasteiger partial charge in [-0.2, -0.15) is 0 Å². The molecule has 0 aromatic heterocycles. The first-order chi connectivity index (χ1) is 12.5. The van der Waals surface area contributed by atoms with Crippen molar-refractivity contribution >= 4 is 35.2 Å². The summed E-state index contributed by atoms with van der Waals surface area (Å²) in [6, 6.07) is 15.8. The first-order valence-corrected chi connectivity index (χ1v) is 8.58. The first-order valence-electron chi connectivity index (χ1n) is 8.17. The molecule has 2 amide bonds. The maximum absolute atomic E-state index is 12.6. The molecule has 26 heavy (non-hydrogen) atoms. The van der Waals surface area contributed by atoms with Gasteiger partial charge in [0.25, 0.3) is 11.8 Å². The first kappa shape index (κ1) is 17.8. The largest absolute Gasteiger partial charge is 0.298 e. The lowest BCUT2D eigenvalue weighted by atomic mass is 9.98. The lowest BCUT2D eigenvalue weighted by molar-refractivity contribution is -0.128. The van der Waals surface area contributed by atoms with Crippen LogP contribution in [-0.2, 0) is 9.59 Å². The van der Waals surface area contributed by atoms with Crippen molar-refractivity contribution in [3.63, 3.8) is 0 Å². The number of nitrogens with zero attached hydrogens (tertiary/aromatic N) is 1. The third-order valence-electron chi connectivity index (χ3n) is 4.15. The number of carbonyl (C=O) groups excluding carboxylic acids is 2. The van der Waals surface area contributed by atoms with Crippen molar-refractivity contribution in [2.75, 3.05) is 6.54 Å². The molecule has 1 heterocycles. The SMILES string of the molecule is C=CCN1C(=O)/C(=C/c2cccc(-c3ccccc3C)c2)C(=O)NC1=S. The molecular weight excluding hydrogens is 344 g/mol. The van der Waals surface area contributed by atoms with Crippen molar-refractivity contribution in [3.05, 3.63) is 77.9 Å². The minimum absolute atomic E-state index is 0.0578. The molecule has 1 fully saturated rings. The van der Waals surface area contributed by atoms with Gasteiger partial charge in [0.1, 0.15) is 5.57 Å². The van der Waals surface area contributed by atoms with Crippen LogP contribution in [0, 0.1) is 6.92 Å². The number of hydrogen-bond donors (Lipinski definition) is 1. The van der Waals surface area contributed by atoms with Crippen LogP contribution in [0.25, 0.3) is 17.2 Å². The zero-order valence-corrected chi connectivity index (χ0v) is 15.2. The fourth-order valence-corrected chi connectivity index (χ4v) is 3.10. The van der Waals surface area contributed by atoms with Crippen LogP contribution in [0.1, 0.15) is 11.1 Å². The number of rotatable bonds is 4. The zero-order chi connectivity index (χ0) is 18.7. The fourth-order valence-electron chi connectivity index (χ4n) is 2.85. The highest BCUT2D eigenvalue weighted by atomic mass is 32.1. The summed E-state index contributed by atoms with van der Waals surface area (Å²) in [5.74, 6) is -0.901. The van der Waals surface area contributed by atoms with E-state index in [-0.39, 0.29) is 17.2 Å². The second-order valence-electron chi connectivity index (χ2n) is 5.96. The normalized spacial score (nSPS) is 16.0. The van der Waals surface area contributed by atoms with Gasteiger partial charge in [-0.3, -0.25) is 19.8 Å². The van der Waals surface area contributed by atoms with E-state index in [1.807, 2.05) is 55.5 Å². The van der Waals surface area contributed by atoms with Crippen molar-refractivity contribution in [2.45, 2.75) is 6.92 Å². The van der Waals surface area contributed by atoms with Crippen molar-refractivity contribution in [1.82, 2.24) is 10.2 Å². The zero-order valence-electron chi connectivity index (χ0n) is 14.4. The smallest absolute Gasteiger partial charge is 0.265 e. The van der Waals surface area contributed by atoms with Crippen molar-refractivity contribution < 1.29 is 9.59 Å². The van der Waals surface area contributed by atoms with E-state index in [2.05, 4.69) is 11.9 Å². The van der Waals surface area contributed by atoms with Crippen LogP contribution in [0.2, 0.25) is 0 Å². The van der Waals surface area contributed by atoms with E-state index in [1.165, 1.54) is 4.90 Å². The number of benzene rings is 2. The molecule has 0 spiro atoms. The highest BCUT2D eigenvalue weighted by Gasteiger charge is 2.32. The molecule has 0 atom stereocenters. The Labute approximate surface area is 157 Å². The Morgan fingerprint density at radius 3 is 2.65 bits per heavy atom. The molecule has 5 heteroatoms. The van der Waals surface area contributed by atoms with Crippen LogP contribution >= 0.6 is 12.2 Å². The monoisotopic (exact) mass is 362 g/mol. The fraction of sp³-hybridized carbons (Fsp3) is 0.0952. The molecular formula is C21H18N2O2S. The van der Waals surface area contributed by atoms with Crippen LogP contribution in [0.15, 0.2) is 66.8 Å².